The minimum atomic E-state index is -0.0477. The van der Waals surface area contributed by atoms with Crippen molar-refractivity contribution in [3.63, 3.8) is 0 Å². The summed E-state index contributed by atoms with van der Waals surface area (Å²) >= 11 is 0. The van der Waals surface area contributed by atoms with Gasteiger partial charge in [-0.25, -0.2) is 0 Å². The summed E-state index contributed by atoms with van der Waals surface area (Å²) in [6.07, 6.45) is 3.64. The number of nitrogens with one attached hydrogen (secondary N) is 1. The van der Waals surface area contributed by atoms with Gasteiger partial charge in [0.25, 0.3) is 0 Å². The quantitative estimate of drug-likeness (QED) is 0.692. The highest BCUT2D eigenvalue weighted by Gasteiger charge is 2.34. The van der Waals surface area contributed by atoms with Crippen LogP contribution in [-0.4, -0.2) is 50.7 Å². The van der Waals surface area contributed by atoms with Crippen LogP contribution in [0, 0.1) is 11.8 Å². The number of hydrogen-bond donors (Lipinski definition) is 1. The van der Waals surface area contributed by atoms with E-state index in [1.54, 1.807) is 0 Å². The van der Waals surface area contributed by atoms with E-state index in [0.717, 1.165) is 26.1 Å². The van der Waals surface area contributed by atoms with Gasteiger partial charge in [0, 0.05) is 19.1 Å². The van der Waals surface area contributed by atoms with E-state index in [-0.39, 0.29) is 11.9 Å². The molecule has 1 N–H and O–H groups in total. The second kappa shape index (κ2) is 5.15. The van der Waals surface area contributed by atoms with Crippen molar-refractivity contribution >= 4 is 5.97 Å². The maximum atomic E-state index is 11.8. The van der Waals surface area contributed by atoms with Gasteiger partial charge in [-0.15, -0.1) is 0 Å². The normalized spacial score (nSPS) is 28.0. The SMILES string of the molecule is COC(=O)C(CNC1CC1)C1CCN(C)C1. The Morgan fingerprint density at radius 2 is 2.25 bits per heavy atom. The minimum Gasteiger partial charge on any atom is -0.469 e. The fourth-order valence-electron chi connectivity index (χ4n) is 2.47. The maximum Gasteiger partial charge on any atom is 0.310 e. The summed E-state index contributed by atoms with van der Waals surface area (Å²) in [4.78, 5) is 14.0. The van der Waals surface area contributed by atoms with Crippen LogP contribution in [0.25, 0.3) is 0 Å². The molecule has 0 aromatic carbocycles. The number of rotatable bonds is 5. The Kier molecular flexibility index (Phi) is 3.82. The molecule has 1 saturated heterocycles. The molecule has 1 aliphatic heterocycles. The van der Waals surface area contributed by atoms with Gasteiger partial charge in [-0.2, -0.15) is 0 Å². The van der Waals surface area contributed by atoms with Gasteiger partial charge < -0.3 is 15.0 Å². The molecule has 0 aromatic heterocycles. The molecule has 2 rings (SSSR count). The lowest BCUT2D eigenvalue weighted by atomic mass is 9.91. The van der Waals surface area contributed by atoms with Gasteiger partial charge in [0.1, 0.15) is 0 Å². The molecule has 1 saturated carbocycles. The average molecular weight is 226 g/mol. The number of likely N-dealkylation sites (tertiary alicyclic amines) is 1. The number of methoxy groups -OCH3 is 1. The smallest absolute Gasteiger partial charge is 0.310 e. The van der Waals surface area contributed by atoms with E-state index in [1.165, 1.54) is 20.0 Å². The summed E-state index contributed by atoms with van der Waals surface area (Å²) in [5, 5.41) is 3.44. The minimum absolute atomic E-state index is 0.0375. The molecule has 92 valence electrons. The van der Waals surface area contributed by atoms with Crippen molar-refractivity contribution in [2.24, 2.45) is 11.8 Å². The van der Waals surface area contributed by atoms with Gasteiger partial charge in [-0.3, -0.25) is 4.79 Å². The molecule has 0 radical (unpaired) electrons. The lowest BCUT2D eigenvalue weighted by Crippen LogP contribution is -2.36. The number of nitrogens with zero attached hydrogens (tertiary/aromatic N) is 1. The first-order chi connectivity index (χ1) is 7.70. The fourth-order valence-corrected chi connectivity index (χ4v) is 2.47. The van der Waals surface area contributed by atoms with Crippen LogP contribution in [0.3, 0.4) is 0 Å². The number of carbonyl (C=O) groups excluding carboxylic acids is 1. The molecule has 2 aliphatic rings. The van der Waals surface area contributed by atoms with Gasteiger partial charge in [0.15, 0.2) is 0 Å². The third-order valence-corrected chi connectivity index (χ3v) is 3.70. The van der Waals surface area contributed by atoms with Crippen LogP contribution in [0.2, 0.25) is 0 Å². The summed E-state index contributed by atoms with van der Waals surface area (Å²) in [6, 6.07) is 0.659. The van der Waals surface area contributed by atoms with Gasteiger partial charge in [-0.1, -0.05) is 0 Å². The zero-order valence-electron chi connectivity index (χ0n) is 10.2. The third-order valence-electron chi connectivity index (χ3n) is 3.70. The van der Waals surface area contributed by atoms with Crippen LogP contribution in [0.5, 0.6) is 0 Å². The summed E-state index contributed by atoms with van der Waals surface area (Å²) < 4.78 is 4.92. The predicted octanol–water partition coefficient (Wildman–Crippen LogP) is 0.479. The molecule has 0 amide bonds. The highest BCUT2D eigenvalue weighted by atomic mass is 16.5. The number of ether oxygens (including phenoxy) is 1. The van der Waals surface area contributed by atoms with Crippen molar-refractivity contribution in [2.45, 2.75) is 25.3 Å². The Morgan fingerprint density at radius 1 is 1.50 bits per heavy atom. The summed E-state index contributed by atoms with van der Waals surface area (Å²) in [6.45, 7) is 2.91. The van der Waals surface area contributed by atoms with E-state index in [1.807, 2.05) is 0 Å². The molecule has 0 bridgehead atoms. The van der Waals surface area contributed by atoms with Crippen molar-refractivity contribution < 1.29 is 9.53 Å². The number of hydrogen-bond acceptors (Lipinski definition) is 4. The first-order valence-electron chi connectivity index (χ1n) is 6.20. The van der Waals surface area contributed by atoms with Crippen molar-refractivity contribution in [1.29, 1.82) is 0 Å². The first-order valence-corrected chi connectivity index (χ1v) is 6.20. The second-order valence-corrected chi connectivity index (χ2v) is 5.12. The zero-order valence-corrected chi connectivity index (χ0v) is 10.2. The molecule has 1 aliphatic carbocycles. The molecular formula is C12H22N2O2. The molecule has 2 atom stereocenters. The van der Waals surface area contributed by atoms with E-state index in [2.05, 4.69) is 17.3 Å². The van der Waals surface area contributed by atoms with Crippen LogP contribution in [0.1, 0.15) is 19.3 Å². The van der Waals surface area contributed by atoms with Crippen LogP contribution in [0.15, 0.2) is 0 Å². The lowest BCUT2D eigenvalue weighted by Gasteiger charge is -2.21. The number of esters is 1. The largest absolute Gasteiger partial charge is 0.469 e. The fraction of sp³-hybridized carbons (Fsp3) is 0.917. The van der Waals surface area contributed by atoms with Crippen molar-refractivity contribution in [1.82, 2.24) is 10.2 Å². The van der Waals surface area contributed by atoms with Crippen LogP contribution in [-0.2, 0) is 9.53 Å². The Hall–Kier alpha value is -0.610. The maximum absolute atomic E-state index is 11.8. The molecule has 1 heterocycles. The average Bonchev–Trinajstić information content (AvgIpc) is 3.01. The van der Waals surface area contributed by atoms with E-state index in [0.29, 0.717) is 12.0 Å². The summed E-state index contributed by atoms with van der Waals surface area (Å²) in [5.74, 6) is 0.452. The summed E-state index contributed by atoms with van der Waals surface area (Å²) in [7, 11) is 3.60. The van der Waals surface area contributed by atoms with Gasteiger partial charge in [-0.05, 0) is 38.8 Å². The monoisotopic (exact) mass is 226 g/mol. The van der Waals surface area contributed by atoms with Crippen LogP contribution >= 0.6 is 0 Å². The molecule has 2 fully saturated rings. The molecule has 0 aromatic rings. The highest BCUT2D eigenvalue weighted by molar-refractivity contribution is 5.73. The van der Waals surface area contributed by atoms with Crippen molar-refractivity contribution in [3.05, 3.63) is 0 Å². The third kappa shape index (κ3) is 2.95. The predicted molar refractivity (Wildman–Crippen MR) is 62.1 cm³/mol. The Morgan fingerprint density at radius 3 is 2.75 bits per heavy atom. The Balaban J connectivity index is 1.87. The molecule has 4 nitrogen and oxygen atoms in total. The first kappa shape index (κ1) is 11.9. The zero-order chi connectivity index (χ0) is 11.5. The van der Waals surface area contributed by atoms with E-state index in [9.17, 15) is 4.79 Å². The number of carbonyl (C=O) groups is 1. The van der Waals surface area contributed by atoms with Gasteiger partial charge in [0.2, 0.25) is 0 Å². The van der Waals surface area contributed by atoms with E-state index >= 15 is 0 Å². The Labute approximate surface area is 97.3 Å². The molecule has 4 heteroatoms. The van der Waals surface area contributed by atoms with E-state index in [4.69, 9.17) is 4.74 Å². The standard InChI is InChI=1S/C12H22N2O2/c1-14-6-5-9(8-14)11(12(15)16-2)7-13-10-3-4-10/h9-11,13H,3-8H2,1-2H3. The van der Waals surface area contributed by atoms with Crippen molar-refractivity contribution in [3.8, 4) is 0 Å². The Bertz CT molecular complexity index is 253. The highest BCUT2D eigenvalue weighted by Crippen LogP contribution is 2.25. The molecule has 2 unspecified atom stereocenters. The van der Waals surface area contributed by atoms with Gasteiger partial charge >= 0.3 is 5.97 Å². The summed E-state index contributed by atoms with van der Waals surface area (Å²) in [5.41, 5.74) is 0. The van der Waals surface area contributed by atoms with Crippen LogP contribution < -0.4 is 5.32 Å². The molecular weight excluding hydrogens is 204 g/mol. The van der Waals surface area contributed by atoms with Gasteiger partial charge in [0.05, 0.1) is 13.0 Å². The second-order valence-electron chi connectivity index (χ2n) is 5.12. The van der Waals surface area contributed by atoms with Crippen molar-refractivity contribution in [2.75, 3.05) is 33.8 Å². The van der Waals surface area contributed by atoms with E-state index < -0.39 is 0 Å². The molecule has 16 heavy (non-hydrogen) atoms. The molecule has 0 spiro atoms. The lowest BCUT2D eigenvalue weighted by molar-refractivity contribution is -0.147. The topological polar surface area (TPSA) is 41.6 Å². The van der Waals surface area contributed by atoms with Crippen LogP contribution in [0.4, 0.5) is 0 Å².